The van der Waals surface area contributed by atoms with E-state index >= 15 is 0 Å². The van der Waals surface area contributed by atoms with Crippen LogP contribution in [-0.2, 0) is 24.0 Å². The second-order valence-corrected chi connectivity index (χ2v) is 7.18. The van der Waals surface area contributed by atoms with Crippen molar-refractivity contribution in [3.63, 3.8) is 0 Å². The Morgan fingerprint density at radius 2 is 1.69 bits per heavy atom. The van der Waals surface area contributed by atoms with Gasteiger partial charge in [-0.2, -0.15) is 13.2 Å². The summed E-state index contributed by atoms with van der Waals surface area (Å²) < 4.78 is 31.7. The largest absolute Gasteiger partial charge is 0.490 e. The number of nitrogens with two attached hydrogens (primary N) is 1. The molecule has 32 heavy (non-hydrogen) atoms. The number of nitrogens with zero attached hydrogens (tertiary/aromatic N) is 1. The van der Waals surface area contributed by atoms with E-state index in [0.29, 0.717) is 25.7 Å². The lowest BCUT2D eigenvalue weighted by Crippen LogP contribution is -2.56. The van der Waals surface area contributed by atoms with Crippen molar-refractivity contribution in [3.8, 4) is 0 Å². The average molecular weight is 467 g/mol. The van der Waals surface area contributed by atoms with Gasteiger partial charge >= 0.3 is 24.1 Å². The molecule has 1 fully saturated rings. The average Bonchev–Trinajstić information content (AvgIpc) is 3.09. The standard InChI is InChI=1S/C16H23N3O6.C2HF3O2/c17-10-4-2-1-3-9-5-7-12(19(9)15(10)23)14(22)18-11(16(24)25)6-8-13(20)21;3-2(4,5)1(6)7/h1-2,9-12H,3-8,17H2,(H,18,22)(H,20,21)(H,24,25);(H,6,7)/b2-1-;/t9-,10-,11-,12-;/m0./s1. The van der Waals surface area contributed by atoms with Crippen molar-refractivity contribution in [2.45, 2.75) is 68.9 Å². The zero-order chi connectivity index (χ0) is 24.6. The van der Waals surface area contributed by atoms with Crippen molar-refractivity contribution in [2.75, 3.05) is 0 Å². The van der Waals surface area contributed by atoms with Gasteiger partial charge in [0.05, 0.1) is 6.04 Å². The molecule has 2 heterocycles. The first-order chi connectivity index (χ1) is 14.8. The number of hydrogen-bond donors (Lipinski definition) is 5. The third-order valence-corrected chi connectivity index (χ3v) is 4.85. The number of nitrogens with one attached hydrogen (secondary N) is 1. The monoisotopic (exact) mass is 467 g/mol. The number of hydrogen-bond acceptors (Lipinski definition) is 6. The van der Waals surface area contributed by atoms with Crippen LogP contribution < -0.4 is 11.1 Å². The fourth-order valence-corrected chi connectivity index (χ4v) is 3.29. The van der Waals surface area contributed by atoms with E-state index in [1.165, 1.54) is 4.90 Å². The Balaban J connectivity index is 0.000000633. The maximum Gasteiger partial charge on any atom is 0.490 e. The van der Waals surface area contributed by atoms with E-state index in [0.717, 1.165) is 0 Å². The predicted molar refractivity (Wildman–Crippen MR) is 100 cm³/mol. The topological polar surface area (TPSA) is 187 Å². The fraction of sp³-hybridized carbons (Fsp3) is 0.611. The molecule has 0 saturated carbocycles. The van der Waals surface area contributed by atoms with Gasteiger partial charge in [0.15, 0.2) is 0 Å². The lowest BCUT2D eigenvalue weighted by Gasteiger charge is -2.33. The molecule has 6 N–H and O–H groups in total. The minimum atomic E-state index is -5.08. The number of carbonyl (C=O) groups is 5. The molecule has 2 rings (SSSR count). The number of rotatable bonds is 6. The number of alkyl halides is 3. The van der Waals surface area contributed by atoms with Crippen LogP contribution in [0.2, 0.25) is 0 Å². The minimum absolute atomic E-state index is 0.131. The summed E-state index contributed by atoms with van der Waals surface area (Å²) in [6.07, 6.45) is 0.209. The van der Waals surface area contributed by atoms with Crippen molar-refractivity contribution in [1.29, 1.82) is 0 Å². The summed E-state index contributed by atoms with van der Waals surface area (Å²) in [6.45, 7) is 0. The van der Waals surface area contributed by atoms with Crippen LogP contribution in [0.15, 0.2) is 12.2 Å². The highest BCUT2D eigenvalue weighted by Gasteiger charge is 2.43. The molecule has 0 unspecified atom stereocenters. The summed E-state index contributed by atoms with van der Waals surface area (Å²) in [6, 6.07) is -2.94. The molecular formula is C18H24F3N3O8. The molecular weight excluding hydrogens is 443 g/mol. The summed E-state index contributed by atoms with van der Waals surface area (Å²) in [5.74, 6) is -6.09. The Morgan fingerprint density at radius 1 is 1.12 bits per heavy atom. The quantitative estimate of drug-likeness (QED) is 0.337. The van der Waals surface area contributed by atoms with Crippen LogP contribution in [0.3, 0.4) is 0 Å². The van der Waals surface area contributed by atoms with E-state index < -0.39 is 48.1 Å². The zero-order valence-electron chi connectivity index (χ0n) is 16.7. The number of carboxylic acids is 3. The van der Waals surface area contributed by atoms with E-state index in [2.05, 4.69) is 5.32 Å². The van der Waals surface area contributed by atoms with Crippen molar-refractivity contribution in [2.24, 2.45) is 5.73 Å². The third-order valence-electron chi connectivity index (χ3n) is 4.85. The maximum atomic E-state index is 12.5. The molecule has 0 bridgehead atoms. The Morgan fingerprint density at radius 3 is 2.19 bits per heavy atom. The zero-order valence-corrected chi connectivity index (χ0v) is 16.7. The molecule has 2 aliphatic heterocycles. The first kappa shape index (κ1) is 26.9. The van der Waals surface area contributed by atoms with Gasteiger partial charge in [-0.25, -0.2) is 9.59 Å². The summed E-state index contributed by atoms with van der Waals surface area (Å²) in [5, 5.41) is 27.3. The second kappa shape index (κ2) is 11.5. The molecule has 0 radical (unpaired) electrons. The fourth-order valence-electron chi connectivity index (χ4n) is 3.29. The van der Waals surface area contributed by atoms with Crippen LogP contribution >= 0.6 is 0 Å². The highest BCUT2D eigenvalue weighted by atomic mass is 19.4. The van der Waals surface area contributed by atoms with E-state index in [4.69, 9.17) is 25.8 Å². The van der Waals surface area contributed by atoms with Gasteiger partial charge in [0.2, 0.25) is 11.8 Å². The van der Waals surface area contributed by atoms with Gasteiger partial charge in [0.25, 0.3) is 0 Å². The Labute approximate surface area is 180 Å². The number of amides is 2. The van der Waals surface area contributed by atoms with Crippen LogP contribution in [0.5, 0.6) is 0 Å². The molecule has 0 aromatic heterocycles. The summed E-state index contributed by atoms with van der Waals surface area (Å²) >= 11 is 0. The summed E-state index contributed by atoms with van der Waals surface area (Å²) in [5.41, 5.74) is 5.86. The molecule has 1 saturated heterocycles. The lowest BCUT2D eigenvalue weighted by atomic mass is 10.1. The molecule has 11 nitrogen and oxygen atoms in total. The van der Waals surface area contributed by atoms with Gasteiger partial charge in [0, 0.05) is 12.5 Å². The van der Waals surface area contributed by atoms with Crippen LogP contribution in [0.1, 0.15) is 38.5 Å². The van der Waals surface area contributed by atoms with Crippen LogP contribution in [0.4, 0.5) is 13.2 Å². The number of carboxylic acid groups (broad SMARTS) is 3. The van der Waals surface area contributed by atoms with Crippen molar-refractivity contribution in [3.05, 3.63) is 12.2 Å². The second-order valence-electron chi connectivity index (χ2n) is 7.18. The minimum Gasteiger partial charge on any atom is -0.481 e. The van der Waals surface area contributed by atoms with E-state index in [-0.39, 0.29) is 24.8 Å². The summed E-state index contributed by atoms with van der Waals surface area (Å²) in [4.78, 5) is 57.3. The number of halogens is 3. The van der Waals surface area contributed by atoms with Gasteiger partial charge in [0.1, 0.15) is 12.1 Å². The van der Waals surface area contributed by atoms with Crippen LogP contribution in [-0.4, -0.2) is 80.3 Å². The van der Waals surface area contributed by atoms with E-state index in [9.17, 15) is 32.3 Å². The molecule has 14 heteroatoms. The molecule has 0 spiro atoms. The highest BCUT2D eigenvalue weighted by molar-refractivity contribution is 5.92. The van der Waals surface area contributed by atoms with Gasteiger partial charge < -0.3 is 31.3 Å². The normalized spacial score (nSPS) is 24.7. The predicted octanol–water partition coefficient (Wildman–Crippen LogP) is 0.0908. The SMILES string of the molecule is N[C@H]1C/C=C\C[C@H]2CC[C@@H](C(=O)N[C@@H](CCC(=O)O)C(=O)O)N2C1=O.O=C(O)C(F)(F)F. The van der Waals surface area contributed by atoms with Gasteiger partial charge in [-0.1, -0.05) is 12.2 Å². The summed E-state index contributed by atoms with van der Waals surface area (Å²) in [7, 11) is 0. The van der Waals surface area contributed by atoms with E-state index in [1.807, 2.05) is 12.2 Å². The molecule has 0 aromatic rings. The first-order valence-corrected chi connectivity index (χ1v) is 9.53. The molecule has 0 aliphatic carbocycles. The van der Waals surface area contributed by atoms with Gasteiger partial charge in [-0.15, -0.1) is 0 Å². The van der Waals surface area contributed by atoms with Gasteiger partial charge in [-0.3, -0.25) is 14.4 Å². The van der Waals surface area contributed by atoms with Gasteiger partial charge in [-0.05, 0) is 32.1 Å². The highest BCUT2D eigenvalue weighted by Crippen LogP contribution is 2.29. The number of carbonyl (C=O) groups excluding carboxylic acids is 2. The Hall–Kier alpha value is -3.16. The molecule has 2 amide bonds. The smallest absolute Gasteiger partial charge is 0.481 e. The van der Waals surface area contributed by atoms with E-state index in [1.54, 1.807) is 0 Å². The maximum absolute atomic E-state index is 12.5. The lowest BCUT2D eigenvalue weighted by molar-refractivity contribution is -0.192. The number of fused-ring (bicyclic) bond motifs is 1. The van der Waals surface area contributed by atoms with Crippen LogP contribution in [0.25, 0.3) is 0 Å². The molecule has 180 valence electrons. The Kier molecular flexibility index (Phi) is 9.62. The van der Waals surface area contributed by atoms with Crippen LogP contribution in [0, 0.1) is 0 Å². The Bertz CT molecular complexity index is 771. The molecule has 2 aliphatic rings. The first-order valence-electron chi connectivity index (χ1n) is 9.53. The molecule has 4 atom stereocenters. The third kappa shape index (κ3) is 7.83. The van der Waals surface area contributed by atoms with Crippen molar-refractivity contribution < 1.29 is 52.5 Å². The molecule has 0 aromatic carbocycles. The van der Waals surface area contributed by atoms with Crippen molar-refractivity contribution in [1.82, 2.24) is 10.2 Å². The van der Waals surface area contributed by atoms with Crippen molar-refractivity contribution >= 4 is 29.7 Å². The number of aliphatic carboxylic acids is 3.